The highest BCUT2D eigenvalue weighted by molar-refractivity contribution is 6.77. The molecule has 0 amide bonds. The molecule has 2 rings (SSSR count). The van der Waals surface area contributed by atoms with Gasteiger partial charge >= 0.3 is 0 Å². The molecule has 0 aromatic heterocycles. The normalized spacial score (nSPS) is 20.1. The zero-order valence-electron chi connectivity index (χ0n) is 17.1. The molecule has 2 nitrogen and oxygen atoms in total. The lowest BCUT2D eigenvalue weighted by Gasteiger charge is -2.46. The zero-order chi connectivity index (χ0) is 18.3. The van der Waals surface area contributed by atoms with Crippen LogP contribution in [0.3, 0.4) is 0 Å². The summed E-state index contributed by atoms with van der Waals surface area (Å²) in [7, 11) is -0.175. The van der Waals surface area contributed by atoms with Crippen molar-refractivity contribution in [2.45, 2.75) is 84.5 Å². The summed E-state index contributed by atoms with van der Waals surface area (Å²) in [5.41, 5.74) is 4.70. The summed E-state index contributed by atoms with van der Waals surface area (Å²) in [4.78, 5) is 0. The highest BCUT2D eigenvalue weighted by atomic mass is 28.4. The van der Waals surface area contributed by atoms with Crippen molar-refractivity contribution in [3.05, 3.63) is 29.3 Å². The molecule has 3 heteroatoms. The number of benzene rings is 1. The van der Waals surface area contributed by atoms with Crippen LogP contribution < -0.4 is 4.74 Å². The third-order valence-electron chi connectivity index (χ3n) is 6.02. The van der Waals surface area contributed by atoms with Crippen molar-refractivity contribution in [2.24, 2.45) is 5.41 Å². The monoisotopic (exact) mass is 348 g/mol. The van der Waals surface area contributed by atoms with Crippen LogP contribution in [0.5, 0.6) is 5.75 Å². The Balaban J connectivity index is 2.50. The zero-order valence-corrected chi connectivity index (χ0v) is 18.1. The van der Waals surface area contributed by atoms with Gasteiger partial charge in [-0.15, -0.1) is 0 Å². The number of hydrogen-bond donors (Lipinski definition) is 0. The van der Waals surface area contributed by atoms with Gasteiger partial charge in [0.1, 0.15) is 5.75 Å². The second kappa shape index (κ2) is 6.84. The van der Waals surface area contributed by atoms with Crippen LogP contribution in [0, 0.1) is 5.41 Å². The Labute approximate surface area is 150 Å². The Morgan fingerprint density at radius 3 is 2.00 bits per heavy atom. The van der Waals surface area contributed by atoms with E-state index in [9.17, 15) is 0 Å². The lowest BCUT2D eigenvalue weighted by Crippen LogP contribution is -2.49. The molecule has 1 aromatic rings. The number of methoxy groups -OCH3 is 1. The van der Waals surface area contributed by atoms with Gasteiger partial charge in [-0.1, -0.05) is 61.5 Å². The number of hydrogen-bond acceptors (Lipinski definition) is 2. The van der Waals surface area contributed by atoms with Gasteiger partial charge in [0.15, 0.2) is 0 Å². The molecule has 0 bridgehead atoms. The van der Waals surface area contributed by atoms with Gasteiger partial charge in [0.25, 0.3) is 0 Å². The molecular weight excluding hydrogens is 312 g/mol. The molecule has 0 spiro atoms. The summed E-state index contributed by atoms with van der Waals surface area (Å²) >= 11 is 0. The number of ether oxygens (including phenoxy) is 1. The fraction of sp³-hybridized carbons (Fsp3) is 0.714. The van der Waals surface area contributed by atoms with Gasteiger partial charge < -0.3 is 9.16 Å². The van der Waals surface area contributed by atoms with Gasteiger partial charge in [-0.2, -0.15) is 0 Å². The van der Waals surface area contributed by atoms with Crippen molar-refractivity contribution >= 4 is 8.32 Å². The van der Waals surface area contributed by atoms with Crippen LogP contribution in [0.1, 0.15) is 72.6 Å². The maximum Gasteiger partial charge on any atom is 0.201 e. The van der Waals surface area contributed by atoms with Gasteiger partial charge in [-0.3, -0.25) is 0 Å². The molecule has 1 aromatic carbocycles. The first-order valence-electron chi connectivity index (χ1n) is 9.40. The fourth-order valence-corrected chi connectivity index (χ4v) is 10.6. The van der Waals surface area contributed by atoms with E-state index in [0.29, 0.717) is 16.6 Å². The van der Waals surface area contributed by atoms with Crippen molar-refractivity contribution in [1.82, 2.24) is 0 Å². The lowest BCUT2D eigenvalue weighted by atomic mass is 9.87. The second-order valence-electron chi connectivity index (χ2n) is 9.05. The summed E-state index contributed by atoms with van der Waals surface area (Å²) in [5, 5.41) is 0. The van der Waals surface area contributed by atoms with E-state index in [2.05, 4.69) is 73.6 Å². The smallest absolute Gasteiger partial charge is 0.201 e. The quantitative estimate of drug-likeness (QED) is 0.545. The van der Waals surface area contributed by atoms with Gasteiger partial charge in [-0.05, 0) is 51.7 Å². The molecule has 0 unspecified atom stereocenters. The van der Waals surface area contributed by atoms with Crippen molar-refractivity contribution < 1.29 is 9.16 Å². The van der Waals surface area contributed by atoms with E-state index in [1.54, 1.807) is 7.11 Å². The minimum absolute atomic E-state index is 0.131. The Morgan fingerprint density at radius 1 is 1.00 bits per heavy atom. The van der Waals surface area contributed by atoms with Crippen LogP contribution >= 0.6 is 0 Å². The van der Waals surface area contributed by atoms with Gasteiger partial charge in [0.05, 0.1) is 13.2 Å². The Hall–Kier alpha value is -0.803. The first-order chi connectivity index (χ1) is 11.1. The minimum atomic E-state index is -1.92. The SMILES string of the molecule is COc1ccc2c(c1)[C@H](O[Si](C(C)C)(C(C)C)C(C)C)C(C)(C)C2. The van der Waals surface area contributed by atoms with E-state index in [-0.39, 0.29) is 11.5 Å². The fourth-order valence-electron chi connectivity index (χ4n) is 4.94. The van der Waals surface area contributed by atoms with Crippen LogP contribution in [0.4, 0.5) is 0 Å². The first kappa shape index (κ1) is 19.5. The van der Waals surface area contributed by atoms with Gasteiger partial charge in [0, 0.05) is 0 Å². The highest BCUT2D eigenvalue weighted by Gasteiger charge is 2.51. The van der Waals surface area contributed by atoms with Crippen molar-refractivity contribution in [2.75, 3.05) is 7.11 Å². The van der Waals surface area contributed by atoms with Crippen LogP contribution in [-0.4, -0.2) is 15.4 Å². The van der Waals surface area contributed by atoms with E-state index < -0.39 is 8.32 Å². The van der Waals surface area contributed by atoms with Crippen LogP contribution in [0.25, 0.3) is 0 Å². The largest absolute Gasteiger partial charge is 0.497 e. The number of fused-ring (bicyclic) bond motifs is 1. The predicted molar refractivity (Wildman–Crippen MR) is 105 cm³/mol. The van der Waals surface area contributed by atoms with E-state index in [1.807, 2.05) is 0 Å². The topological polar surface area (TPSA) is 18.5 Å². The molecule has 0 aliphatic heterocycles. The standard InChI is InChI=1S/C21H36O2Si/c1-14(2)24(15(3)4,16(5)6)23-20-19-12-18(22-9)11-10-17(19)13-21(20,7)8/h10-12,14-16,20H,13H2,1-9H3/t20-/m0/s1. The third-order valence-corrected chi connectivity index (χ3v) is 12.1. The van der Waals surface area contributed by atoms with Crippen LogP contribution in [0.2, 0.25) is 16.6 Å². The molecule has 0 N–H and O–H groups in total. The van der Waals surface area contributed by atoms with E-state index in [1.165, 1.54) is 11.1 Å². The molecule has 1 aliphatic rings. The van der Waals surface area contributed by atoms with E-state index in [4.69, 9.17) is 9.16 Å². The summed E-state index contributed by atoms with van der Waals surface area (Å²) < 4.78 is 12.7. The van der Waals surface area contributed by atoms with Crippen molar-refractivity contribution in [1.29, 1.82) is 0 Å². The maximum atomic E-state index is 7.21. The summed E-state index contributed by atoms with van der Waals surface area (Å²) in [6.45, 7) is 18.9. The van der Waals surface area contributed by atoms with Crippen molar-refractivity contribution in [3.8, 4) is 5.75 Å². The Morgan fingerprint density at radius 2 is 1.54 bits per heavy atom. The molecule has 0 fully saturated rings. The van der Waals surface area contributed by atoms with Gasteiger partial charge in [0.2, 0.25) is 8.32 Å². The number of rotatable bonds is 6. The molecule has 1 atom stereocenters. The molecule has 0 saturated carbocycles. The van der Waals surface area contributed by atoms with Crippen LogP contribution in [-0.2, 0) is 10.8 Å². The predicted octanol–water partition coefficient (Wildman–Crippen LogP) is 6.51. The second-order valence-corrected chi connectivity index (χ2v) is 14.5. The average molecular weight is 349 g/mol. The summed E-state index contributed by atoms with van der Waals surface area (Å²) in [5.74, 6) is 0.936. The first-order valence-corrected chi connectivity index (χ1v) is 11.5. The van der Waals surface area contributed by atoms with E-state index in [0.717, 1.165) is 12.2 Å². The molecule has 24 heavy (non-hydrogen) atoms. The molecular formula is C21H36O2Si. The van der Waals surface area contributed by atoms with Gasteiger partial charge in [-0.25, -0.2) is 0 Å². The lowest BCUT2D eigenvalue weighted by molar-refractivity contribution is 0.0718. The van der Waals surface area contributed by atoms with E-state index >= 15 is 0 Å². The van der Waals surface area contributed by atoms with Crippen molar-refractivity contribution in [3.63, 3.8) is 0 Å². The maximum absolute atomic E-state index is 7.21. The molecule has 136 valence electrons. The molecule has 0 radical (unpaired) electrons. The van der Waals surface area contributed by atoms with Crippen LogP contribution in [0.15, 0.2) is 18.2 Å². The third kappa shape index (κ3) is 3.17. The molecule has 0 heterocycles. The summed E-state index contributed by atoms with van der Waals surface area (Å²) in [6.07, 6.45) is 1.25. The Kier molecular flexibility index (Phi) is 5.56. The molecule has 0 saturated heterocycles. The average Bonchev–Trinajstić information content (AvgIpc) is 2.72. The highest BCUT2D eigenvalue weighted by Crippen LogP contribution is 2.54. The minimum Gasteiger partial charge on any atom is -0.497 e. The Bertz CT molecular complexity index is 553. The summed E-state index contributed by atoms with van der Waals surface area (Å²) in [6, 6.07) is 6.51. The molecule has 1 aliphatic carbocycles.